The molecule has 1 unspecified atom stereocenters. The van der Waals surface area contributed by atoms with Crippen LogP contribution in [0.2, 0.25) is 0 Å². The summed E-state index contributed by atoms with van der Waals surface area (Å²) in [6, 6.07) is 6.15. The number of fused-ring (bicyclic) bond motifs is 1. The molecule has 8 heteroatoms. The second kappa shape index (κ2) is 8.31. The van der Waals surface area contributed by atoms with Gasteiger partial charge in [-0.2, -0.15) is 13.2 Å². The first-order valence-electron chi connectivity index (χ1n) is 8.71. The molecule has 3 rings (SSSR count). The molecule has 1 aromatic carbocycles. The summed E-state index contributed by atoms with van der Waals surface area (Å²) in [6.45, 7) is -0.130. The molecule has 0 aliphatic heterocycles. The minimum absolute atomic E-state index is 0.00202. The van der Waals surface area contributed by atoms with Crippen LogP contribution in [-0.2, 0) is 19.0 Å². The molecule has 27 heavy (non-hydrogen) atoms. The van der Waals surface area contributed by atoms with Gasteiger partial charge in [-0.05, 0) is 61.6 Å². The number of carbonyl (C=O) groups is 1. The molecule has 4 nitrogen and oxygen atoms in total. The summed E-state index contributed by atoms with van der Waals surface area (Å²) in [4.78, 5) is 14.1. The minimum atomic E-state index is -4.40. The minimum Gasteiger partial charge on any atom is -0.491 e. The van der Waals surface area contributed by atoms with E-state index in [1.165, 1.54) is 33.9 Å². The number of halogens is 3. The van der Waals surface area contributed by atoms with Gasteiger partial charge in [-0.3, -0.25) is 4.79 Å². The summed E-state index contributed by atoms with van der Waals surface area (Å²) in [6.07, 6.45) is -1.06. The van der Waals surface area contributed by atoms with Crippen LogP contribution in [0.1, 0.15) is 38.5 Å². The van der Waals surface area contributed by atoms with Gasteiger partial charge in [0.05, 0.1) is 10.4 Å². The van der Waals surface area contributed by atoms with Crippen LogP contribution >= 0.6 is 11.3 Å². The number of nitrogens with one attached hydrogen (secondary N) is 1. The number of hydrogen-bond donors (Lipinski definition) is 2. The van der Waals surface area contributed by atoms with Crippen LogP contribution in [0, 0.1) is 0 Å². The van der Waals surface area contributed by atoms with Crippen LogP contribution in [0.15, 0.2) is 30.3 Å². The maximum absolute atomic E-state index is 12.5. The van der Waals surface area contributed by atoms with Crippen molar-refractivity contribution in [2.45, 2.75) is 38.0 Å². The van der Waals surface area contributed by atoms with E-state index in [-0.39, 0.29) is 24.8 Å². The number of carbonyl (C=O) groups excluding carboxylic acids is 1. The van der Waals surface area contributed by atoms with Crippen LogP contribution in [0.5, 0.6) is 5.75 Å². The summed E-state index contributed by atoms with van der Waals surface area (Å²) in [7, 11) is 0. The second-order valence-corrected chi connectivity index (χ2v) is 7.60. The molecule has 146 valence electrons. The molecule has 1 heterocycles. The van der Waals surface area contributed by atoms with Crippen LogP contribution in [0.4, 0.5) is 13.2 Å². The van der Waals surface area contributed by atoms with E-state index >= 15 is 0 Å². The van der Waals surface area contributed by atoms with Gasteiger partial charge in [-0.15, -0.1) is 11.3 Å². The Morgan fingerprint density at radius 2 is 1.93 bits per heavy atom. The lowest BCUT2D eigenvalue weighted by Crippen LogP contribution is -2.35. The summed E-state index contributed by atoms with van der Waals surface area (Å²) >= 11 is 1.49. The van der Waals surface area contributed by atoms with E-state index in [0.717, 1.165) is 37.8 Å². The van der Waals surface area contributed by atoms with Crippen molar-refractivity contribution < 1.29 is 27.8 Å². The quantitative estimate of drug-likeness (QED) is 0.777. The smallest absolute Gasteiger partial charge is 0.416 e. The standard InChI is InChI=1S/C19H20F3NO3S/c20-19(21,22)13-5-7-15(8-6-13)26-11-14(24)10-23-18(25)17-9-12-3-1-2-4-16(12)27-17/h5-9,14,24H,1-4,10-11H2,(H,23,25). The van der Waals surface area contributed by atoms with Crippen molar-refractivity contribution in [3.05, 3.63) is 51.2 Å². The molecule has 0 radical (unpaired) electrons. The third kappa shape index (κ3) is 5.23. The number of benzene rings is 1. The number of aliphatic hydroxyl groups is 1. The maximum atomic E-state index is 12.5. The van der Waals surface area contributed by atoms with Gasteiger partial charge in [-0.25, -0.2) is 0 Å². The zero-order valence-corrected chi connectivity index (χ0v) is 15.3. The average molecular weight is 399 g/mol. The van der Waals surface area contributed by atoms with E-state index in [1.807, 2.05) is 6.07 Å². The summed E-state index contributed by atoms with van der Waals surface area (Å²) < 4.78 is 42.8. The first-order chi connectivity index (χ1) is 12.8. The largest absolute Gasteiger partial charge is 0.491 e. The first kappa shape index (κ1) is 19.7. The Hall–Kier alpha value is -2.06. The van der Waals surface area contributed by atoms with Crippen LogP contribution < -0.4 is 10.1 Å². The topological polar surface area (TPSA) is 58.6 Å². The molecular formula is C19H20F3NO3S. The van der Waals surface area contributed by atoms with Crippen LogP contribution in [0.3, 0.4) is 0 Å². The van der Waals surface area contributed by atoms with Crippen molar-refractivity contribution in [1.29, 1.82) is 0 Å². The summed E-state index contributed by atoms with van der Waals surface area (Å²) in [5.41, 5.74) is 0.476. The second-order valence-electron chi connectivity index (χ2n) is 6.46. The normalized spacial score (nSPS) is 15.1. The highest BCUT2D eigenvalue weighted by Crippen LogP contribution is 2.30. The predicted molar refractivity (Wildman–Crippen MR) is 96.2 cm³/mol. The van der Waals surface area contributed by atoms with Gasteiger partial charge in [0.15, 0.2) is 0 Å². The number of rotatable bonds is 6. The van der Waals surface area contributed by atoms with Crippen molar-refractivity contribution in [3.8, 4) is 5.75 Å². The fourth-order valence-electron chi connectivity index (χ4n) is 2.89. The predicted octanol–water partition coefficient (Wildman–Crippen LogP) is 3.82. The van der Waals surface area contributed by atoms with Crippen molar-refractivity contribution >= 4 is 17.2 Å². The molecule has 1 atom stereocenters. The average Bonchev–Trinajstić information content (AvgIpc) is 3.08. The fraction of sp³-hybridized carbons (Fsp3) is 0.421. The third-order valence-corrected chi connectivity index (χ3v) is 5.58. The highest BCUT2D eigenvalue weighted by molar-refractivity contribution is 7.14. The lowest BCUT2D eigenvalue weighted by Gasteiger charge is -2.13. The van der Waals surface area contributed by atoms with Gasteiger partial charge >= 0.3 is 6.18 Å². The van der Waals surface area contributed by atoms with E-state index in [9.17, 15) is 23.1 Å². The Kier molecular flexibility index (Phi) is 6.06. The number of aryl methyl sites for hydroxylation is 2. The van der Waals surface area contributed by atoms with Crippen LogP contribution in [0.25, 0.3) is 0 Å². The lowest BCUT2D eigenvalue weighted by atomic mass is 9.99. The molecule has 0 fully saturated rings. The Balaban J connectivity index is 1.44. The molecule has 1 amide bonds. The Labute approximate surface area is 159 Å². The van der Waals surface area contributed by atoms with E-state index in [1.54, 1.807) is 0 Å². The Morgan fingerprint density at radius 1 is 1.22 bits per heavy atom. The first-order valence-corrected chi connectivity index (χ1v) is 9.52. The maximum Gasteiger partial charge on any atom is 0.416 e. The monoisotopic (exact) mass is 399 g/mol. The zero-order valence-electron chi connectivity index (χ0n) is 14.5. The van der Waals surface area contributed by atoms with E-state index in [2.05, 4.69) is 5.32 Å². The van der Waals surface area contributed by atoms with Gasteiger partial charge in [0.1, 0.15) is 18.5 Å². The van der Waals surface area contributed by atoms with Gasteiger partial charge in [0.2, 0.25) is 0 Å². The van der Waals surface area contributed by atoms with Gasteiger partial charge in [0, 0.05) is 11.4 Å². The van der Waals surface area contributed by atoms with Crippen LogP contribution in [-0.4, -0.2) is 30.3 Å². The zero-order chi connectivity index (χ0) is 19.4. The highest BCUT2D eigenvalue weighted by atomic mass is 32.1. The van der Waals surface area contributed by atoms with Gasteiger partial charge < -0.3 is 15.2 Å². The van der Waals surface area contributed by atoms with Crippen molar-refractivity contribution in [2.24, 2.45) is 0 Å². The number of hydrogen-bond acceptors (Lipinski definition) is 4. The number of alkyl halides is 3. The molecule has 2 aromatic rings. The molecule has 0 bridgehead atoms. The number of thiophene rings is 1. The van der Waals surface area contributed by atoms with Crippen molar-refractivity contribution in [1.82, 2.24) is 5.32 Å². The highest BCUT2D eigenvalue weighted by Gasteiger charge is 2.30. The molecule has 0 saturated heterocycles. The van der Waals surface area contributed by atoms with Crippen molar-refractivity contribution in [3.63, 3.8) is 0 Å². The molecule has 1 aromatic heterocycles. The molecule has 0 saturated carbocycles. The summed E-state index contributed by atoms with van der Waals surface area (Å²) in [5, 5.41) is 12.6. The van der Waals surface area contributed by atoms with E-state index in [0.29, 0.717) is 4.88 Å². The number of amides is 1. The van der Waals surface area contributed by atoms with Gasteiger partial charge in [0.25, 0.3) is 5.91 Å². The lowest BCUT2D eigenvalue weighted by molar-refractivity contribution is -0.137. The SMILES string of the molecule is O=C(NCC(O)COc1ccc(C(F)(F)F)cc1)c1cc2c(s1)CCCC2. The Bertz CT molecular complexity index is 763. The van der Waals surface area contributed by atoms with Crippen molar-refractivity contribution in [2.75, 3.05) is 13.2 Å². The third-order valence-electron chi connectivity index (χ3n) is 4.34. The molecular weight excluding hydrogens is 379 g/mol. The summed E-state index contributed by atoms with van der Waals surface area (Å²) in [5.74, 6) is -0.0118. The number of aliphatic hydroxyl groups excluding tert-OH is 1. The molecule has 2 N–H and O–H groups in total. The van der Waals surface area contributed by atoms with E-state index < -0.39 is 17.8 Å². The van der Waals surface area contributed by atoms with E-state index in [4.69, 9.17) is 4.74 Å². The number of ether oxygens (including phenoxy) is 1. The van der Waals surface area contributed by atoms with Gasteiger partial charge in [-0.1, -0.05) is 0 Å². The fourth-order valence-corrected chi connectivity index (χ4v) is 4.06. The molecule has 1 aliphatic rings. The molecule has 0 spiro atoms. The Morgan fingerprint density at radius 3 is 2.59 bits per heavy atom. The molecule has 1 aliphatic carbocycles.